The van der Waals surface area contributed by atoms with E-state index in [1.54, 1.807) is 16.7 Å². The van der Waals surface area contributed by atoms with E-state index < -0.39 is 0 Å². The minimum atomic E-state index is 0.0681. The Hall–Kier alpha value is -1.96. The van der Waals surface area contributed by atoms with Crippen LogP contribution in [0.3, 0.4) is 0 Å². The van der Waals surface area contributed by atoms with Crippen LogP contribution < -0.4 is 10.2 Å². The first-order valence-electron chi connectivity index (χ1n) is 9.06. The Labute approximate surface area is 159 Å². The predicted octanol–water partition coefficient (Wildman–Crippen LogP) is 1.47. The third kappa shape index (κ3) is 4.81. The van der Waals surface area contributed by atoms with E-state index >= 15 is 0 Å². The Morgan fingerprint density at radius 2 is 2.19 bits per heavy atom. The van der Waals surface area contributed by atoms with Crippen LogP contribution in [0.2, 0.25) is 0 Å². The van der Waals surface area contributed by atoms with Crippen molar-refractivity contribution >= 4 is 35.1 Å². The molecule has 0 aromatic carbocycles. The fourth-order valence-corrected chi connectivity index (χ4v) is 4.17. The highest BCUT2D eigenvalue weighted by molar-refractivity contribution is 8.00. The molecule has 1 aromatic heterocycles. The van der Waals surface area contributed by atoms with Gasteiger partial charge in [-0.3, -0.25) is 9.59 Å². The molecule has 142 valence electrons. The summed E-state index contributed by atoms with van der Waals surface area (Å²) in [4.78, 5) is 34.2. The zero-order valence-corrected chi connectivity index (χ0v) is 16.3. The highest BCUT2D eigenvalue weighted by Gasteiger charge is 2.26. The number of nitrogens with one attached hydrogen (secondary N) is 1. The molecule has 26 heavy (non-hydrogen) atoms. The summed E-state index contributed by atoms with van der Waals surface area (Å²) in [6.07, 6.45) is 4.76. The van der Waals surface area contributed by atoms with Crippen molar-refractivity contribution in [3.05, 3.63) is 18.3 Å². The van der Waals surface area contributed by atoms with E-state index in [2.05, 4.69) is 10.3 Å². The molecule has 2 fully saturated rings. The fraction of sp³-hybridized carbons (Fsp3) is 0.611. The molecule has 2 aliphatic heterocycles. The zero-order valence-electron chi connectivity index (χ0n) is 15.5. The van der Waals surface area contributed by atoms with Crippen LogP contribution in [0.25, 0.3) is 0 Å². The van der Waals surface area contributed by atoms with Crippen LogP contribution in [0.4, 0.5) is 11.5 Å². The van der Waals surface area contributed by atoms with Gasteiger partial charge in [-0.2, -0.15) is 0 Å². The summed E-state index contributed by atoms with van der Waals surface area (Å²) in [6, 6.07) is 4.39. The van der Waals surface area contributed by atoms with Gasteiger partial charge in [0.25, 0.3) is 0 Å². The predicted molar refractivity (Wildman–Crippen MR) is 105 cm³/mol. The second-order valence-electron chi connectivity index (χ2n) is 7.02. The van der Waals surface area contributed by atoms with Gasteiger partial charge in [-0.25, -0.2) is 4.98 Å². The Kier molecular flexibility index (Phi) is 6.24. The van der Waals surface area contributed by atoms with E-state index in [4.69, 9.17) is 0 Å². The number of aromatic nitrogens is 1. The maximum absolute atomic E-state index is 12.5. The number of hydrogen-bond acceptors (Lipinski definition) is 6. The van der Waals surface area contributed by atoms with Crippen LogP contribution in [0.5, 0.6) is 0 Å². The molecule has 2 aliphatic rings. The summed E-state index contributed by atoms with van der Waals surface area (Å²) in [5, 5.41) is 3.54. The van der Waals surface area contributed by atoms with Crippen LogP contribution in [0.15, 0.2) is 18.3 Å². The van der Waals surface area contributed by atoms with Gasteiger partial charge < -0.3 is 20.0 Å². The van der Waals surface area contributed by atoms with E-state index in [1.165, 1.54) is 0 Å². The second kappa shape index (κ2) is 8.62. The minimum Gasteiger partial charge on any atom is -0.381 e. The summed E-state index contributed by atoms with van der Waals surface area (Å²) < 4.78 is 0. The average molecular weight is 378 g/mol. The van der Waals surface area contributed by atoms with Crippen LogP contribution in [-0.2, 0) is 9.59 Å². The summed E-state index contributed by atoms with van der Waals surface area (Å²) >= 11 is 1.57. The minimum absolute atomic E-state index is 0.0681. The van der Waals surface area contributed by atoms with Gasteiger partial charge in [0.1, 0.15) is 12.4 Å². The van der Waals surface area contributed by atoms with Gasteiger partial charge in [-0.15, -0.1) is 11.8 Å². The molecular weight excluding hydrogens is 350 g/mol. The number of amides is 2. The first-order chi connectivity index (χ1) is 12.5. The summed E-state index contributed by atoms with van der Waals surface area (Å²) in [6.45, 7) is 1.72. The molecule has 1 N–H and O–H groups in total. The number of carbonyl (C=O) groups excluding carboxylic acids is 2. The topological polar surface area (TPSA) is 68.8 Å². The van der Waals surface area contributed by atoms with Crippen molar-refractivity contribution in [2.24, 2.45) is 0 Å². The molecule has 0 saturated carbocycles. The van der Waals surface area contributed by atoms with Crippen LogP contribution >= 0.6 is 11.8 Å². The van der Waals surface area contributed by atoms with Crippen molar-refractivity contribution in [2.75, 3.05) is 55.6 Å². The van der Waals surface area contributed by atoms with E-state index in [0.717, 1.165) is 43.9 Å². The largest absolute Gasteiger partial charge is 0.381 e. The lowest BCUT2D eigenvalue weighted by atomic mass is 10.1. The van der Waals surface area contributed by atoms with Crippen molar-refractivity contribution in [3.63, 3.8) is 0 Å². The van der Waals surface area contributed by atoms with E-state index in [1.807, 2.05) is 42.2 Å². The van der Waals surface area contributed by atoms with Gasteiger partial charge in [0, 0.05) is 33.2 Å². The first-order valence-corrected chi connectivity index (χ1v) is 10.2. The molecule has 8 heteroatoms. The fourth-order valence-electron chi connectivity index (χ4n) is 3.27. The molecule has 0 aliphatic carbocycles. The second-order valence-corrected chi connectivity index (χ2v) is 7.98. The van der Waals surface area contributed by atoms with Gasteiger partial charge in [-0.05, 0) is 31.4 Å². The van der Waals surface area contributed by atoms with E-state index in [0.29, 0.717) is 17.7 Å². The number of carbonyl (C=O) groups is 2. The SMILES string of the molecule is CN(C)c1ccc(NC2CCCN(C(=O)CN3CSCC3=O)CC2)cn1. The van der Waals surface area contributed by atoms with Crippen LogP contribution in [0, 0.1) is 0 Å². The maximum Gasteiger partial charge on any atom is 0.242 e. The Morgan fingerprint density at radius 1 is 1.35 bits per heavy atom. The molecule has 0 spiro atoms. The monoisotopic (exact) mass is 377 g/mol. The van der Waals surface area contributed by atoms with Gasteiger partial charge in [0.15, 0.2) is 0 Å². The molecule has 1 atom stereocenters. The van der Waals surface area contributed by atoms with Crippen LogP contribution in [0.1, 0.15) is 19.3 Å². The average Bonchev–Trinajstić information content (AvgIpc) is 2.88. The summed E-state index contributed by atoms with van der Waals surface area (Å²) in [5.74, 6) is 2.21. The van der Waals surface area contributed by atoms with Crippen molar-refractivity contribution in [2.45, 2.75) is 25.3 Å². The zero-order chi connectivity index (χ0) is 18.5. The quantitative estimate of drug-likeness (QED) is 0.838. The van der Waals surface area contributed by atoms with Gasteiger partial charge in [0.2, 0.25) is 11.8 Å². The van der Waals surface area contributed by atoms with Gasteiger partial charge in [0.05, 0.1) is 23.5 Å². The molecule has 3 rings (SSSR count). The number of pyridine rings is 1. The van der Waals surface area contributed by atoms with Crippen molar-refractivity contribution in [3.8, 4) is 0 Å². The standard InChI is InChI=1S/C18H27N5O2S/c1-21(2)16-6-5-15(10-19-16)20-14-4-3-8-22(9-7-14)17(24)11-23-13-26-12-18(23)25/h5-6,10,14,20H,3-4,7-9,11-13H2,1-2H3. The Morgan fingerprint density at radius 3 is 2.85 bits per heavy atom. The maximum atomic E-state index is 12.5. The molecule has 2 amide bonds. The molecule has 2 saturated heterocycles. The first kappa shape index (κ1) is 18.8. The normalized spacial score (nSPS) is 20.8. The molecule has 7 nitrogen and oxygen atoms in total. The highest BCUT2D eigenvalue weighted by Crippen LogP contribution is 2.19. The van der Waals surface area contributed by atoms with Crippen molar-refractivity contribution in [1.29, 1.82) is 0 Å². The summed E-state index contributed by atoms with van der Waals surface area (Å²) in [7, 11) is 3.95. The Bertz CT molecular complexity index is 637. The lowest BCUT2D eigenvalue weighted by Gasteiger charge is -2.24. The van der Waals surface area contributed by atoms with E-state index in [-0.39, 0.29) is 18.4 Å². The number of likely N-dealkylation sites (tertiary alicyclic amines) is 1. The van der Waals surface area contributed by atoms with Crippen LogP contribution in [-0.4, -0.2) is 78.0 Å². The highest BCUT2D eigenvalue weighted by atomic mass is 32.2. The number of anilines is 2. The van der Waals surface area contributed by atoms with Gasteiger partial charge >= 0.3 is 0 Å². The number of rotatable bonds is 5. The van der Waals surface area contributed by atoms with Crippen molar-refractivity contribution < 1.29 is 9.59 Å². The third-order valence-electron chi connectivity index (χ3n) is 4.81. The number of thioether (sulfide) groups is 1. The summed E-state index contributed by atoms with van der Waals surface area (Å²) in [5.41, 5.74) is 1.01. The Balaban J connectivity index is 1.49. The smallest absolute Gasteiger partial charge is 0.242 e. The molecule has 0 radical (unpaired) electrons. The van der Waals surface area contributed by atoms with E-state index in [9.17, 15) is 9.59 Å². The lowest BCUT2D eigenvalue weighted by Crippen LogP contribution is -2.41. The van der Waals surface area contributed by atoms with Crippen molar-refractivity contribution in [1.82, 2.24) is 14.8 Å². The molecule has 1 unspecified atom stereocenters. The number of hydrogen-bond donors (Lipinski definition) is 1. The third-order valence-corrected chi connectivity index (χ3v) is 5.75. The lowest BCUT2D eigenvalue weighted by molar-refractivity contribution is -0.137. The molecular formula is C18H27N5O2S. The molecule has 0 bridgehead atoms. The number of nitrogens with zero attached hydrogens (tertiary/aromatic N) is 4. The molecule has 3 heterocycles. The van der Waals surface area contributed by atoms with Gasteiger partial charge in [-0.1, -0.05) is 0 Å². The molecule has 1 aromatic rings.